The van der Waals surface area contributed by atoms with Gasteiger partial charge in [-0.15, -0.1) is 0 Å². The van der Waals surface area contributed by atoms with Crippen molar-refractivity contribution in [2.75, 3.05) is 20.3 Å². The van der Waals surface area contributed by atoms with Crippen LogP contribution in [-0.4, -0.2) is 47.3 Å². The molecule has 190 valence electrons. The molecule has 0 bridgehead atoms. The summed E-state index contributed by atoms with van der Waals surface area (Å²) in [6.07, 6.45) is -2.14. The molecule has 1 saturated carbocycles. The Morgan fingerprint density at radius 2 is 1.94 bits per heavy atom. The zero-order chi connectivity index (χ0) is 24.4. The summed E-state index contributed by atoms with van der Waals surface area (Å²) in [5.74, 6) is -2.65. The molecular formula is C22H29F4N3O4S. The summed E-state index contributed by atoms with van der Waals surface area (Å²) >= 11 is 0. The first-order valence-corrected chi connectivity index (χ1v) is 10.7. The van der Waals surface area contributed by atoms with Crippen molar-refractivity contribution in [3.05, 3.63) is 29.4 Å². The summed E-state index contributed by atoms with van der Waals surface area (Å²) in [6.45, 7) is 6.42. The summed E-state index contributed by atoms with van der Waals surface area (Å²) in [4.78, 5) is 17.9. The van der Waals surface area contributed by atoms with E-state index in [2.05, 4.69) is 28.5 Å². The second-order valence-corrected chi connectivity index (χ2v) is 8.37. The van der Waals surface area contributed by atoms with Gasteiger partial charge in [0.25, 0.3) is 0 Å². The molecule has 34 heavy (non-hydrogen) atoms. The summed E-state index contributed by atoms with van der Waals surface area (Å²) in [7, 11) is 1.53. The number of carbonyl (C=O) groups excluding carboxylic acids is 1. The SMILES string of the molecule is CCC.COCC1(C(=O)N2Cc3c(F)cc(-c4noc(C(F)(F)F)n4)cc3OCC2C)CC1.S. The number of hydrogen-bond acceptors (Lipinski definition) is 6. The van der Waals surface area contributed by atoms with Crippen molar-refractivity contribution < 1.29 is 36.4 Å². The third-order valence-corrected chi connectivity index (χ3v) is 5.41. The lowest BCUT2D eigenvalue weighted by Crippen LogP contribution is -2.45. The minimum atomic E-state index is -4.80. The first kappa shape index (κ1) is 27.9. The smallest absolute Gasteiger partial charge is 0.471 e. The van der Waals surface area contributed by atoms with E-state index < -0.39 is 29.1 Å². The molecule has 1 amide bonds. The van der Waals surface area contributed by atoms with Gasteiger partial charge in [0.1, 0.15) is 18.2 Å². The molecule has 1 fully saturated rings. The number of hydrogen-bond donors (Lipinski definition) is 0. The summed E-state index contributed by atoms with van der Waals surface area (Å²) < 4.78 is 68.1. The number of aromatic nitrogens is 2. The first-order valence-electron chi connectivity index (χ1n) is 10.7. The Labute approximate surface area is 202 Å². The normalized spacial score (nSPS) is 18.5. The molecule has 0 saturated heterocycles. The maximum Gasteiger partial charge on any atom is 0.471 e. The summed E-state index contributed by atoms with van der Waals surface area (Å²) in [6, 6.07) is 2.03. The van der Waals surface area contributed by atoms with E-state index in [9.17, 15) is 22.4 Å². The van der Waals surface area contributed by atoms with Gasteiger partial charge in [-0.25, -0.2) is 4.39 Å². The molecular weight excluding hydrogens is 478 g/mol. The number of nitrogens with zero attached hydrogens (tertiary/aromatic N) is 3. The predicted molar refractivity (Wildman–Crippen MR) is 120 cm³/mol. The fourth-order valence-corrected chi connectivity index (χ4v) is 3.53. The number of halogens is 4. The Morgan fingerprint density at radius 3 is 2.47 bits per heavy atom. The van der Waals surface area contributed by atoms with Crippen LogP contribution in [0.2, 0.25) is 0 Å². The van der Waals surface area contributed by atoms with Crippen LogP contribution in [0, 0.1) is 11.2 Å². The van der Waals surface area contributed by atoms with Crippen LogP contribution in [0.15, 0.2) is 16.7 Å². The van der Waals surface area contributed by atoms with Gasteiger partial charge in [0.05, 0.1) is 24.6 Å². The number of amides is 1. The first-order chi connectivity index (χ1) is 15.6. The van der Waals surface area contributed by atoms with Gasteiger partial charge in [-0.05, 0) is 31.9 Å². The Bertz CT molecular complexity index is 995. The van der Waals surface area contributed by atoms with E-state index in [1.165, 1.54) is 19.6 Å². The van der Waals surface area contributed by atoms with E-state index in [4.69, 9.17) is 9.47 Å². The molecule has 7 nitrogen and oxygen atoms in total. The molecule has 0 spiro atoms. The number of rotatable bonds is 4. The molecule has 2 heterocycles. The molecule has 1 atom stereocenters. The van der Waals surface area contributed by atoms with Gasteiger partial charge in [0, 0.05) is 18.2 Å². The predicted octanol–water partition coefficient (Wildman–Crippen LogP) is 4.96. The molecule has 12 heteroatoms. The van der Waals surface area contributed by atoms with E-state index in [1.807, 2.05) is 0 Å². The molecule has 1 aliphatic carbocycles. The lowest BCUT2D eigenvalue weighted by Gasteiger charge is -2.30. The molecule has 1 aromatic carbocycles. The van der Waals surface area contributed by atoms with Crippen LogP contribution in [-0.2, 0) is 22.3 Å². The highest BCUT2D eigenvalue weighted by Crippen LogP contribution is 2.48. The van der Waals surface area contributed by atoms with Crippen molar-refractivity contribution in [2.45, 2.75) is 58.8 Å². The lowest BCUT2D eigenvalue weighted by molar-refractivity contribution is -0.159. The minimum absolute atomic E-state index is 0. The van der Waals surface area contributed by atoms with Gasteiger partial charge in [-0.3, -0.25) is 4.79 Å². The highest BCUT2D eigenvalue weighted by molar-refractivity contribution is 7.59. The quantitative estimate of drug-likeness (QED) is 0.545. The van der Waals surface area contributed by atoms with Crippen molar-refractivity contribution >= 4 is 19.4 Å². The molecule has 1 unspecified atom stereocenters. The van der Waals surface area contributed by atoms with Crippen LogP contribution in [0.25, 0.3) is 11.4 Å². The maximum absolute atomic E-state index is 14.9. The van der Waals surface area contributed by atoms with Crippen LogP contribution in [0.4, 0.5) is 17.6 Å². The molecule has 2 aliphatic rings. The molecule has 0 radical (unpaired) electrons. The maximum atomic E-state index is 14.9. The Morgan fingerprint density at radius 1 is 1.29 bits per heavy atom. The number of benzene rings is 1. The van der Waals surface area contributed by atoms with Crippen molar-refractivity contribution in [2.24, 2.45) is 5.41 Å². The third kappa shape index (κ3) is 5.83. The monoisotopic (exact) mass is 507 g/mol. The standard InChI is InChI=1S/C19H19F4N3O4.C3H8.H2S/c1-10-8-29-14-6-11(15-24-16(30-25-15)19(21,22)23)5-13(20)12(14)7-26(10)17(27)18(3-4-18)9-28-2;1-3-2;/h5-6,10H,3-4,7-9H2,1-2H3;3H2,1-2H3;1H2. The van der Waals surface area contributed by atoms with Gasteiger partial charge in [-0.1, -0.05) is 25.4 Å². The van der Waals surface area contributed by atoms with Crippen molar-refractivity contribution in [1.29, 1.82) is 0 Å². The zero-order valence-corrected chi connectivity index (χ0v) is 20.5. The summed E-state index contributed by atoms with van der Waals surface area (Å²) in [5, 5.41) is 3.28. The molecule has 2 aromatic rings. The van der Waals surface area contributed by atoms with Gasteiger partial charge in [-0.2, -0.15) is 31.7 Å². The number of methoxy groups -OCH3 is 1. The van der Waals surface area contributed by atoms with Crippen LogP contribution < -0.4 is 4.74 Å². The van der Waals surface area contributed by atoms with E-state index in [-0.39, 0.29) is 55.5 Å². The number of ether oxygens (including phenoxy) is 2. The van der Waals surface area contributed by atoms with Gasteiger partial charge < -0.3 is 18.9 Å². The van der Waals surface area contributed by atoms with Crippen molar-refractivity contribution in [3.63, 3.8) is 0 Å². The number of fused-ring (bicyclic) bond motifs is 1. The number of carbonyl (C=O) groups is 1. The minimum Gasteiger partial charge on any atom is -0.491 e. The van der Waals surface area contributed by atoms with Gasteiger partial charge in [0.2, 0.25) is 11.7 Å². The van der Waals surface area contributed by atoms with E-state index >= 15 is 0 Å². The molecule has 0 N–H and O–H groups in total. The van der Waals surface area contributed by atoms with Crippen molar-refractivity contribution in [1.82, 2.24) is 15.0 Å². The van der Waals surface area contributed by atoms with Crippen LogP contribution in [0.5, 0.6) is 5.75 Å². The fraction of sp³-hybridized carbons (Fsp3) is 0.591. The fourth-order valence-electron chi connectivity index (χ4n) is 3.53. The largest absolute Gasteiger partial charge is 0.491 e. The Balaban J connectivity index is 0.000000970. The topological polar surface area (TPSA) is 77.7 Å². The van der Waals surface area contributed by atoms with E-state index in [0.717, 1.165) is 6.07 Å². The number of alkyl halides is 3. The van der Waals surface area contributed by atoms with E-state index in [0.29, 0.717) is 19.4 Å². The Kier molecular flexibility index (Phi) is 8.98. The van der Waals surface area contributed by atoms with Gasteiger partial charge >= 0.3 is 12.1 Å². The highest BCUT2D eigenvalue weighted by Gasteiger charge is 2.52. The molecule has 1 aromatic heterocycles. The van der Waals surface area contributed by atoms with Crippen LogP contribution in [0.3, 0.4) is 0 Å². The average Bonchev–Trinajstić information content (AvgIpc) is 3.38. The second-order valence-electron chi connectivity index (χ2n) is 8.37. The third-order valence-electron chi connectivity index (χ3n) is 5.41. The van der Waals surface area contributed by atoms with Gasteiger partial charge in [0.15, 0.2) is 0 Å². The van der Waals surface area contributed by atoms with Crippen LogP contribution in [0.1, 0.15) is 51.5 Å². The van der Waals surface area contributed by atoms with Crippen LogP contribution >= 0.6 is 13.5 Å². The van der Waals surface area contributed by atoms with E-state index in [1.54, 1.807) is 11.8 Å². The Hall–Kier alpha value is -2.34. The zero-order valence-electron chi connectivity index (χ0n) is 19.5. The van der Waals surface area contributed by atoms with Crippen molar-refractivity contribution in [3.8, 4) is 17.1 Å². The highest BCUT2D eigenvalue weighted by atomic mass is 32.1. The summed E-state index contributed by atoms with van der Waals surface area (Å²) in [5.41, 5.74) is -0.456. The lowest BCUT2D eigenvalue weighted by atomic mass is 10.0. The second kappa shape index (κ2) is 10.9. The molecule has 4 rings (SSSR count). The average molecular weight is 508 g/mol. The molecule has 1 aliphatic heterocycles.